The Morgan fingerprint density at radius 3 is 2.78 bits per heavy atom. The van der Waals surface area contributed by atoms with E-state index in [0.29, 0.717) is 6.54 Å². The third-order valence-electron chi connectivity index (χ3n) is 2.54. The Labute approximate surface area is 106 Å². The van der Waals surface area contributed by atoms with Crippen molar-refractivity contribution in [3.05, 3.63) is 35.6 Å². The van der Waals surface area contributed by atoms with Gasteiger partial charge in [0.1, 0.15) is 5.82 Å². The van der Waals surface area contributed by atoms with Gasteiger partial charge < -0.3 is 9.84 Å². The van der Waals surface area contributed by atoms with Crippen LogP contribution in [0.5, 0.6) is 0 Å². The van der Waals surface area contributed by atoms with E-state index in [1.807, 2.05) is 0 Å². The van der Waals surface area contributed by atoms with Crippen molar-refractivity contribution in [2.45, 2.75) is 19.1 Å². The first kappa shape index (κ1) is 14.6. The van der Waals surface area contributed by atoms with Crippen molar-refractivity contribution < 1.29 is 19.0 Å². The van der Waals surface area contributed by atoms with Gasteiger partial charge in [0.05, 0.1) is 7.11 Å². The summed E-state index contributed by atoms with van der Waals surface area (Å²) in [6.45, 7) is 1.93. The molecule has 1 N–H and O–H groups in total. The number of rotatable bonds is 5. The molecule has 1 aromatic carbocycles. The number of carbonyl (C=O) groups excluding carboxylic acids is 1. The number of hydrogen-bond acceptors (Lipinski definition) is 4. The SMILES string of the molecule is COC(=O)C(C)(O)CN(C)Cc1cccc(F)c1. The molecule has 1 atom stereocenters. The minimum absolute atomic E-state index is 0.107. The van der Waals surface area contributed by atoms with Gasteiger partial charge in [0.25, 0.3) is 0 Å². The van der Waals surface area contributed by atoms with Gasteiger partial charge in [0.15, 0.2) is 5.60 Å². The molecule has 18 heavy (non-hydrogen) atoms. The zero-order valence-corrected chi connectivity index (χ0v) is 10.8. The fourth-order valence-corrected chi connectivity index (χ4v) is 1.81. The largest absolute Gasteiger partial charge is 0.467 e. The second-order valence-electron chi connectivity index (χ2n) is 4.57. The molecular formula is C13H18FNO3. The lowest BCUT2D eigenvalue weighted by atomic mass is 10.1. The molecule has 0 heterocycles. The van der Waals surface area contributed by atoms with Gasteiger partial charge in [0.2, 0.25) is 0 Å². The molecule has 1 aromatic rings. The summed E-state index contributed by atoms with van der Waals surface area (Å²) in [5.74, 6) is -0.991. The smallest absolute Gasteiger partial charge is 0.338 e. The first-order valence-electron chi connectivity index (χ1n) is 5.59. The fraction of sp³-hybridized carbons (Fsp3) is 0.462. The third-order valence-corrected chi connectivity index (χ3v) is 2.54. The summed E-state index contributed by atoms with van der Waals surface area (Å²) in [5.41, 5.74) is -0.797. The van der Waals surface area contributed by atoms with Gasteiger partial charge in [-0.05, 0) is 31.7 Å². The molecule has 0 fully saturated rings. The second kappa shape index (κ2) is 5.93. The normalized spacial score (nSPS) is 14.3. The Bertz CT molecular complexity index is 420. The maximum atomic E-state index is 13.0. The summed E-state index contributed by atoms with van der Waals surface area (Å²) in [7, 11) is 2.96. The van der Waals surface area contributed by atoms with Crippen LogP contribution in [0, 0.1) is 5.82 Å². The van der Waals surface area contributed by atoms with Crippen molar-refractivity contribution in [1.82, 2.24) is 4.90 Å². The maximum Gasteiger partial charge on any atom is 0.338 e. The minimum Gasteiger partial charge on any atom is -0.467 e. The number of methoxy groups -OCH3 is 1. The van der Waals surface area contributed by atoms with Crippen LogP contribution in [0.15, 0.2) is 24.3 Å². The highest BCUT2D eigenvalue weighted by molar-refractivity contribution is 5.78. The van der Waals surface area contributed by atoms with Crippen molar-refractivity contribution in [2.75, 3.05) is 20.7 Å². The van der Waals surface area contributed by atoms with Gasteiger partial charge in [-0.1, -0.05) is 12.1 Å². The van der Waals surface area contributed by atoms with Gasteiger partial charge in [-0.2, -0.15) is 0 Å². The summed E-state index contributed by atoms with van der Waals surface area (Å²) in [6.07, 6.45) is 0. The molecule has 100 valence electrons. The lowest BCUT2D eigenvalue weighted by Crippen LogP contribution is -2.46. The molecule has 5 heteroatoms. The number of halogens is 1. The van der Waals surface area contributed by atoms with E-state index < -0.39 is 11.6 Å². The molecule has 0 aliphatic rings. The number of carbonyl (C=O) groups is 1. The molecule has 0 saturated heterocycles. The summed E-state index contributed by atoms with van der Waals surface area (Å²) in [6, 6.07) is 6.20. The molecule has 0 aliphatic heterocycles. The highest BCUT2D eigenvalue weighted by Crippen LogP contribution is 2.11. The number of ether oxygens (including phenoxy) is 1. The maximum absolute atomic E-state index is 13.0. The van der Waals surface area contributed by atoms with Gasteiger partial charge in [0, 0.05) is 13.1 Å². The quantitative estimate of drug-likeness (QED) is 0.803. The van der Waals surface area contributed by atoms with Crippen molar-refractivity contribution in [1.29, 1.82) is 0 Å². The van der Waals surface area contributed by atoms with E-state index in [-0.39, 0.29) is 12.4 Å². The van der Waals surface area contributed by atoms with Crippen molar-refractivity contribution >= 4 is 5.97 Å². The number of nitrogens with zero attached hydrogens (tertiary/aromatic N) is 1. The predicted octanol–water partition coefficient (Wildman–Crippen LogP) is 1.18. The van der Waals surface area contributed by atoms with E-state index in [1.165, 1.54) is 26.2 Å². The van der Waals surface area contributed by atoms with E-state index in [2.05, 4.69) is 4.74 Å². The molecule has 0 amide bonds. The second-order valence-corrected chi connectivity index (χ2v) is 4.57. The Hall–Kier alpha value is -1.46. The highest BCUT2D eigenvalue weighted by Gasteiger charge is 2.32. The molecular weight excluding hydrogens is 237 g/mol. The molecule has 0 bridgehead atoms. The van der Waals surface area contributed by atoms with Gasteiger partial charge in [-0.3, -0.25) is 4.90 Å². The lowest BCUT2D eigenvalue weighted by Gasteiger charge is -2.26. The Morgan fingerprint density at radius 2 is 2.22 bits per heavy atom. The standard InChI is InChI=1S/C13H18FNO3/c1-13(17,12(16)18-3)9-15(2)8-10-5-4-6-11(14)7-10/h4-7,17H,8-9H2,1-3H3. The molecule has 0 aliphatic carbocycles. The third kappa shape index (κ3) is 4.09. The Morgan fingerprint density at radius 1 is 1.56 bits per heavy atom. The average Bonchev–Trinajstić information content (AvgIpc) is 2.26. The van der Waals surface area contributed by atoms with E-state index >= 15 is 0 Å². The number of hydrogen-bond donors (Lipinski definition) is 1. The first-order valence-corrected chi connectivity index (χ1v) is 5.59. The van der Waals surface area contributed by atoms with Crippen LogP contribution in [0.4, 0.5) is 4.39 Å². The van der Waals surface area contributed by atoms with Crippen molar-refractivity contribution in [3.63, 3.8) is 0 Å². The molecule has 0 spiro atoms. The summed E-state index contributed by atoms with van der Waals surface area (Å²) >= 11 is 0. The number of likely N-dealkylation sites (N-methyl/N-ethyl adjacent to an activating group) is 1. The van der Waals surface area contributed by atoms with Gasteiger partial charge in [-0.25, -0.2) is 9.18 Å². The topological polar surface area (TPSA) is 49.8 Å². The van der Waals surface area contributed by atoms with E-state index in [1.54, 1.807) is 24.1 Å². The Kier molecular flexibility index (Phi) is 4.81. The zero-order valence-electron chi connectivity index (χ0n) is 10.8. The van der Waals surface area contributed by atoms with E-state index in [4.69, 9.17) is 0 Å². The average molecular weight is 255 g/mol. The van der Waals surface area contributed by atoms with Crippen LogP contribution in [0.25, 0.3) is 0 Å². The van der Waals surface area contributed by atoms with Crippen LogP contribution in [0.3, 0.4) is 0 Å². The van der Waals surface area contributed by atoms with Crippen LogP contribution < -0.4 is 0 Å². The van der Waals surface area contributed by atoms with Crippen LogP contribution in [-0.4, -0.2) is 42.3 Å². The molecule has 1 rings (SSSR count). The monoisotopic (exact) mass is 255 g/mol. The molecule has 0 radical (unpaired) electrons. The molecule has 0 saturated carbocycles. The first-order chi connectivity index (χ1) is 8.35. The van der Waals surface area contributed by atoms with Crippen LogP contribution in [0.2, 0.25) is 0 Å². The van der Waals surface area contributed by atoms with Crippen molar-refractivity contribution in [3.8, 4) is 0 Å². The molecule has 4 nitrogen and oxygen atoms in total. The minimum atomic E-state index is -1.57. The number of benzene rings is 1. The highest BCUT2D eigenvalue weighted by atomic mass is 19.1. The summed E-state index contributed by atoms with van der Waals surface area (Å²) in [5, 5.41) is 9.90. The van der Waals surface area contributed by atoms with Crippen LogP contribution in [0.1, 0.15) is 12.5 Å². The Balaban J connectivity index is 2.61. The van der Waals surface area contributed by atoms with Crippen LogP contribution >= 0.6 is 0 Å². The van der Waals surface area contributed by atoms with E-state index in [9.17, 15) is 14.3 Å². The summed E-state index contributed by atoms with van der Waals surface area (Å²) < 4.78 is 17.5. The number of esters is 1. The van der Waals surface area contributed by atoms with Crippen molar-refractivity contribution in [2.24, 2.45) is 0 Å². The van der Waals surface area contributed by atoms with Gasteiger partial charge in [-0.15, -0.1) is 0 Å². The molecule has 1 unspecified atom stereocenters. The molecule has 0 aromatic heterocycles. The van der Waals surface area contributed by atoms with E-state index in [0.717, 1.165) is 5.56 Å². The fourth-order valence-electron chi connectivity index (χ4n) is 1.81. The predicted molar refractivity (Wildman–Crippen MR) is 65.4 cm³/mol. The summed E-state index contributed by atoms with van der Waals surface area (Å²) in [4.78, 5) is 13.0. The number of aliphatic hydroxyl groups is 1. The van der Waals surface area contributed by atoms with Gasteiger partial charge >= 0.3 is 5.97 Å². The lowest BCUT2D eigenvalue weighted by molar-refractivity contribution is -0.162. The zero-order chi connectivity index (χ0) is 13.8. The van der Waals surface area contributed by atoms with Crippen LogP contribution in [-0.2, 0) is 16.1 Å².